The highest BCUT2D eigenvalue weighted by atomic mass is 79.9. The van der Waals surface area contributed by atoms with E-state index in [2.05, 4.69) is 52.2 Å². The molecule has 3 nitrogen and oxygen atoms in total. The van der Waals surface area contributed by atoms with Crippen molar-refractivity contribution < 1.29 is 4.74 Å². The zero-order valence-corrected chi connectivity index (χ0v) is 14.3. The molecule has 0 saturated carbocycles. The van der Waals surface area contributed by atoms with Crippen LogP contribution in [0.15, 0.2) is 34.8 Å². The number of hydrogen-bond acceptors (Lipinski definition) is 3. The molecule has 21 heavy (non-hydrogen) atoms. The Morgan fingerprint density at radius 3 is 2.57 bits per heavy atom. The van der Waals surface area contributed by atoms with Crippen molar-refractivity contribution >= 4 is 15.9 Å². The predicted molar refractivity (Wildman–Crippen MR) is 89.9 cm³/mol. The summed E-state index contributed by atoms with van der Waals surface area (Å²) in [6, 6.07) is 10.1. The van der Waals surface area contributed by atoms with Crippen LogP contribution in [0.2, 0.25) is 0 Å². The number of halogens is 1. The molecule has 0 amide bonds. The van der Waals surface area contributed by atoms with E-state index in [-0.39, 0.29) is 0 Å². The fraction of sp³-hybridized carbons (Fsp3) is 0.353. The smallest absolute Gasteiger partial charge is 0.148 e. The van der Waals surface area contributed by atoms with E-state index in [0.29, 0.717) is 0 Å². The molecule has 1 aromatic heterocycles. The minimum atomic E-state index is 0.815. The number of pyridine rings is 1. The Morgan fingerprint density at radius 1 is 1.14 bits per heavy atom. The second kappa shape index (κ2) is 7.57. The van der Waals surface area contributed by atoms with Gasteiger partial charge in [-0.3, -0.25) is 4.98 Å². The molecule has 2 rings (SSSR count). The van der Waals surface area contributed by atoms with Gasteiger partial charge in [0.25, 0.3) is 0 Å². The molecule has 0 aliphatic carbocycles. The molecule has 1 N–H and O–H groups in total. The summed E-state index contributed by atoms with van der Waals surface area (Å²) >= 11 is 3.58. The highest BCUT2D eigenvalue weighted by Crippen LogP contribution is 2.32. The van der Waals surface area contributed by atoms with E-state index in [1.165, 1.54) is 5.56 Å². The van der Waals surface area contributed by atoms with Crippen LogP contribution in [0.4, 0.5) is 0 Å². The molecule has 0 aliphatic rings. The third-order valence-corrected chi connectivity index (χ3v) is 3.82. The van der Waals surface area contributed by atoms with Gasteiger partial charge in [-0.2, -0.15) is 0 Å². The zero-order valence-electron chi connectivity index (χ0n) is 12.7. The summed E-state index contributed by atoms with van der Waals surface area (Å²) in [4.78, 5) is 4.53. The molecule has 1 heterocycles. The van der Waals surface area contributed by atoms with Gasteiger partial charge >= 0.3 is 0 Å². The summed E-state index contributed by atoms with van der Waals surface area (Å²) in [6.45, 7) is 8.01. The van der Waals surface area contributed by atoms with Crippen LogP contribution in [0.5, 0.6) is 11.5 Å². The predicted octanol–water partition coefficient (Wildman–Crippen LogP) is 4.62. The highest BCUT2D eigenvalue weighted by molar-refractivity contribution is 9.10. The SMILES string of the molecule is CCNCc1ccc(Oc2ccc(C)nc2CC)c(Br)c1. The molecule has 0 saturated heterocycles. The first-order valence-electron chi connectivity index (χ1n) is 7.27. The lowest BCUT2D eigenvalue weighted by Crippen LogP contribution is -2.11. The van der Waals surface area contributed by atoms with E-state index in [0.717, 1.165) is 46.9 Å². The summed E-state index contributed by atoms with van der Waals surface area (Å²) < 4.78 is 6.97. The molecule has 0 radical (unpaired) electrons. The topological polar surface area (TPSA) is 34.1 Å². The molecule has 0 unspecified atom stereocenters. The number of rotatable bonds is 6. The third-order valence-electron chi connectivity index (χ3n) is 3.20. The highest BCUT2D eigenvalue weighted by Gasteiger charge is 2.08. The van der Waals surface area contributed by atoms with Crippen molar-refractivity contribution in [3.8, 4) is 11.5 Å². The van der Waals surface area contributed by atoms with Crippen molar-refractivity contribution in [1.29, 1.82) is 0 Å². The van der Waals surface area contributed by atoms with E-state index in [4.69, 9.17) is 4.74 Å². The molecule has 0 aliphatic heterocycles. The van der Waals surface area contributed by atoms with Crippen molar-refractivity contribution in [3.05, 3.63) is 51.8 Å². The van der Waals surface area contributed by atoms with E-state index < -0.39 is 0 Å². The van der Waals surface area contributed by atoms with Crippen molar-refractivity contribution in [2.24, 2.45) is 0 Å². The second-order valence-corrected chi connectivity index (χ2v) is 5.75. The first-order chi connectivity index (χ1) is 10.1. The molecule has 2 aromatic rings. The summed E-state index contributed by atoms with van der Waals surface area (Å²) in [5.41, 5.74) is 3.23. The maximum absolute atomic E-state index is 6.02. The van der Waals surface area contributed by atoms with E-state index in [1.807, 2.05) is 25.1 Å². The van der Waals surface area contributed by atoms with Gasteiger partial charge in [-0.1, -0.05) is 19.9 Å². The van der Waals surface area contributed by atoms with Gasteiger partial charge in [0, 0.05) is 12.2 Å². The minimum Gasteiger partial charge on any atom is -0.454 e. The van der Waals surface area contributed by atoms with Crippen molar-refractivity contribution in [1.82, 2.24) is 10.3 Å². The van der Waals surface area contributed by atoms with Gasteiger partial charge in [0.15, 0.2) is 0 Å². The van der Waals surface area contributed by atoms with Crippen LogP contribution >= 0.6 is 15.9 Å². The second-order valence-electron chi connectivity index (χ2n) is 4.90. The number of aromatic nitrogens is 1. The molecule has 112 valence electrons. The lowest BCUT2D eigenvalue weighted by Gasteiger charge is -2.12. The van der Waals surface area contributed by atoms with Crippen LogP contribution < -0.4 is 10.1 Å². The Balaban J connectivity index is 2.20. The first-order valence-corrected chi connectivity index (χ1v) is 8.06. The number of aryl methyl sites for hydroxylation is 2. The van der Waals surface area contributed by atoms with Crippen molar-refractivity contribution in [2.45, 2.75) is 33.7 Å². The fourth-order valence-electron chi connectivity index (χ4n) is 2.07. The lowest BCUT2D eigenvalue weighted by atomic mass is 10.2. The molecule has 0 fully saturated rings. The van der Waals surface area contributed by atoms with Crippen LogP contribution in [0.1, 0.15) is 30.8 Å². The molecule has 0 atom stereocenters. The fourth-order valence-corrected chi connectivity index (χ4v) is 2.58. The molecule has 1 aromatic carbocycles. The molecule has 0 spiro atoms. The normalized spacial score (nSPS) is 10.7. The van der Waals surface area contributed by atoms with Crippen LogP contribution in [-0.2, 0) is 13.0 Å². The van der Waals surface area contributed by atoms with E-state index in [1.54, 1.807) is 0 Å². The first kappa shape index (κ1) is 16.0. The molecular weight excluding hydrogens is 328 g/mol. The van der Waals surface area contributed by atoms with Gasteiger partial charge in [-0.05, 0) is 65.6 Å². The standard InChI is InChI=1S/C17H21BrN2O/c1-4-15-17(8-6-12(3)20-15)21-16-9-7-13(10-14(16)18)11-19-5-2/h6-10,19H,4-5,11H2,1-3H3. The van der Waals surface area contributed by atoms with E-state index in [9.17, 15) is 0 Å². The van der Waals surface area contributed by atoms with Gasteiger partial charge in [0.2, 0.25) is 0 Å². The Kier molecular flexibility index (Phi) is 5.76. The average molecular weight is 349 g/mol. The Bertz CT molecular complexity index is 614. The average Bonchev–Trinajstić information content (AvgIpc) is 2.49. The summed E-state index contributed by atoms with van der Waals surface area (Å²) in [5.74, 6) is 1.64. The van der Waals surface area contributed by atoms with Gasteiger partial charge in [0.1, 0.15) is 11.5 Å². The number of benzene rings is 1. The number of nitrogens with one attached hydrogen (secondary N) is 1. The third kappa shape index (κ3) is 4.29. The minimum absolute atomic E-state index is 0.815. The molecule has 4 heteroatoms. The van der Waals surface area contributed by atoms with Crippen LogP contribution in [0.3, 0.4) is 0 Å². The van der Waals surface area contributed by atoms with Gasteiger partial charge in [-0.25, -0.2) is 0 Å². The summed E-state index contributed by atoms with van der Waals surface area (Å²) in [5, 5.41) is 3.31. The summed E-state index contributed by atoms with van der Waals surface area (Å²) in [7, 11) is 0. The molecule has 0 bridgehead atoms. The van der Waals surface area contributed by atoms with Gasteiger partial charge in [0.05, 0.1) is 10.2 Å². The van der Waals surface area contributed by atoms with E-state index >= 15 is 0 Å². The van der Waals surface area contributed by atoms with Crippen LogP contribution in [0, 0.1) is 6.92 Å². The number of hydrogen-bond donors (Lipinski definition) is 1. The maximum Gasteiger partial charge on any atom is 0.148 e. The van der Waals surface area contributed by atoms with Crippen molar-refractivity contribution in [2.75, 3.05) is 6.54 Å². The van der Waals surface area contributed by atoms with Crippen LogP contribution in [0.25, 0.3) is 0 Å². The quantitative estimate of drug-likeness (QED) is 0.827. The number of ether oxygens (including phenoxy) is 1. The Hall–Kier alpha value is -1.39. The zero-order chi connectivity index (χ0) is 15.2. The van der Waals surface area contributed by atoms with Crippen molar-refractivity contribution in [3.63, 3.8) is 0 Å². The van der Waals surface area contributed by atoms with Gasteiger partial charge < -0.3 is 10.1 Å². The lowest BCUT2D eigenvalue weighted by molar-refractivity contribution is 0.469. The maximum atomic E-state index is 6.02. The van der Waals surface area contributed by atoms with Crippen LogP contribution in [-0.4, -0.2) is 11.5 Å². The Labute approximate surface area is 134 Å². The Morgan fingerprint density at radius 2 is 1.90 bits per heavy atom. The molecular formula is C17H21BrN2O. The number of nitrogens with zero attached hydrogens (tertiary/aromatic N) is 1. The monoisotopic (exact) mass is 348 g/mol. The summed E-state index contributed by atoms with van der Waals surface area (Å²) in [6.07, 6.45) is 0.854. The van der Waals surface area contributed by atoms with Gasteiger partial charge in [-0.15, -0.1) is 0 Å². The largest absolute Gasteiger partial charge is 0.454 e.